The molecule has 2 rings (SSSR count). The van der Waals surface area contributed by atoms with Crippen LogP contribution in [-0.4, -0.2) is 25.5 Å². The van der Waals surface area contributed by atoms with Crippen LogP contribution in [0.4, 0.5) is 5.69 Å². The van der Waals surface area contributed by atoms with E-state index < -0.39 is 11.4 Å². The molecule has 1 aliphatic carbocycles. The van der Waals surface area contributed by atoms with Gasteiger partial charge in [-0.3, -0.25) is 4.79 Å². The SMILES string of the molecule is COC(=O)c1ccc(Cl)c(NC(=O)C2(CN)CC2)c1. The third kappa shape index (κ3) is 2.72. The van der Waals surface area contributed by atoms with Crippen LogP contribution in [-0.2, 0) is 9.53 Å². The van der Waals surface area contributed by atoms with Gasteiger partial charge in [-0.05, 0) is 31.0 Å². The monoisotopic (exact) mass is 282 g/mol. The number of amides is 1. The lowest BCUT2D eigenvalue weighted by atomic mass is 10.1. The summed E-state index contributed by atoms with van der Waals surface area (Å²) in [5.41, 5.74) is 5.86. The van der Waals surface area contributed by atoms with E-state index in [-0.39, 0.29) is 5.91 Å². The lowest BCUT2D eigenvalue weighted by Gasteiger charge is -2.14. The highest BCUT2D eigenvalue weighted by Crippen LogP contribution is 2.45. The molecule has 1 aromatic carbocycles. The van der Waals surface area contributed by atoms with E-state index in [4.69, 9.17) is 17.3 Å². The summed E-state index contributed by atoms with van der Waals surface area (Å²) in [6.07, 6.45) is 1.56. The van der Waals surface area contributed by atoms with Gasteiger partial charge in [0, 0.05) is 6.54 Å². The largest absolute Gasteiger partial charge is 0.465 e. The highest BCUT2D eigenvalue weighted by atomic mass is 35.5. The van der Waals surface area contributed by atoms with Crippen LogP contribution in [0.25, 0.3) is 0 Å². The third-order valence-electron chi connectivity index (χ3n) is 3.36. The first kappa shape index (κ1) is 13.8. The van der Waals surface area contributed by atoms with Gasteiger partial charge < -0.3 is 15.8 Å². The minimum absolute atomic E-state index is 0.154. The average molecular weight is 283 g/mol. The van der Waals surface area contributed by atoms with Crippen LogP contribution < -0.4 is 11.1 Å². The second-order valence-corrected chi connectivity index (χ2v) is 5.03. The lowest BCUT2D eigenvalue weighted by Crippen LogP contribution is -2.31. The smallest absolute Gasteiger partial charge is 0.337 e. The van der Waals surface area contributed by atoms with Crippen molar-refractivity contribution in [1.29, 1.82) is 0 Å². The van der Waals surface area contributed by atoms with Crippen molar-refractivity contribution in [3.05, 3.63) is 28.8 Å². The fourth-order valence-electron chi connectivity index (χ4n) is 1.80. The first-order chi connectivity index (χ1) is 9.02. The molecule has 6 heteroatoms. The Kier molecular flexibility index (Phi) is 3.78. The molecule has 5 nitrogen and oxygen atoms in total. The zero-order valence-corrected chi connectivity index (χ0v) is 11.3. The van der Waals surface area contributed by atoms with Crippen molar-refractivity contribution in [2.75, 3.05) is 19.0 Å². The van der Waals surface area contributed by atoms with Crippen LogP contribution in [0.3, 0.4) is 0 Å². The highest BCUT2D eigenvalue weighted by molar-refractivity contribution is 6.34. The number of esters is 1. The summed E-state index contributed by atoms with van der Waals surface area (Å²) in [5, 5.41) is 3.09. The number of anilines is 1. The molecule has 1 saturated carbocycles. The zero-order chi connectivity index (χ0) is 14.0. The zero-order valence-electron chi connectivity index (χ0n) is 10.5. The van der Waals surface area contributed by atoms with Crippen LogP contribution >= 0.6 is 11.6 Å². The topological polar surface area (TPSA) is 81.4 Å². The van der Waals surface area contributed by atoms with Crippen LogP contribution in [0.5, 0.6) is 0 Å². The summed E-state index contributed by atoms with van der Waals surface area (Å²) < 4.78 is 4.62. The number of nitrogens with two attached hydrogens (primary N) is 1. The van der Waals surface area contributed by atoms with Gasteiger partial charge in [-0.2, -0.15) is 0 Å². The Morgan fingerprint density at radius 2 is 2.16 bits per heavy atom. The van der Waals surface area contributed by atoms with Crippen molar-refractivity contribution in [2.45, 2.75) is 12.8 Å². The molecule has 102 valence electrons. The number of halogens is 1. The summed E-state index contributed by atoms with van der Waals surface area (Å²) in [5.74, 6) is -0.633. The first-order valence-electron chi connectivity index (χ1n) is 5.92. The van der Waals surface area contributed by atoms with Crippen molar-refractivity contribution >= 4 is 29.2 Å². The van der Waals surface area contributed by atoms with Crippen molar-refractivity contribution in [3.63, 3.8) is 0 Å². The Hall–Kier alpha value is -1.59. The maximum atomic E-state index is 12.1. The van der Waals surface area contributed by atoms with Gasteiger partial charge >= 0.3 is 5.97 Å². The minimum Gasteiger partial charge on any atom is -0.465 e. The molecule has 1 fully saturated rings. The molecule has 0 spiro atoms. The summed E-state index contributed by atoms with van der Waals surface area (Å²) in [6, 6.07) is 4.59. The van der Waals surface area contributed by atoms with Gasteiger partial charge in [0.2, 0.25) is 5.91 Å². The Balaban J connectivity index is 2.20. The Labute approximate surface area is 116 Å². The molecule has 3 N–H and O–H groups in total. The molecular formula is C13H15ClN2O3. The minimum atomic E-state index is -0.480. The van der Waals surface area contributed by atoms with E-state index in [9.17, 15) is 9.59 Å². The number of methoxy groups -OCH3 is 1. The summed E-state index contributed by atoms with van der Waals surface area (Å²) in [6.45, 7) is 0.313. The van der Waals surface area contributed by atoms with Gasteiger partial charge in [0.05, 0.1) is 28.8 Å². The molecule has 0 unspecified atom stereocenters. The van der Waals surface area contributed by atoms with Gasteiger partial charge in [-0.15, -0.1) is 0 Å². The third-order valence-corrected chi connectivity index (χ3v) is 3.69. The Morgan fingerprint density at radius 1 is 1.47 bits per heavy atom. The molecule has 0 radical (unpaired) electrons. The number of benzene rings is 1. The van der Waals surface area contributed by atoms with Crippen molar-refractivity contribution in [1.82, 2.24) is 0 Å². The molecule has 19 heavy (non-hydrogen) atoms. The van der Waals surface area contributed by atoms with Crippen LogP contribution in [0.15, 0.2) is 18.2 Å². The number of nitrogens with one attached hydrogen (secondary N) is 1. The van der Waals surface area contributed by atoms with Gasteiger partial charge in [-0.25, -0.2) is 4.79 Å². The number of carbonyl (C=O) groups excluding carboxylic acids is 2. The Morgan fingerprint density at radius 3 is 2.68 bits per heavy atom. The standard InChI is InChI=1S/C13H15ClN2O3/c1-19-11(17)8-2-3-9(14)10(6-8)16-12(18)13(7-15)4-5-13/h2-3,6H,4-5,7,15H2,1H3,(H,16,18). The molecule has 0 saturated heterocycles. The van der Waals surface area contributed by atoms with Crippen molar-refractivity contribution < 1.29 is 14.3 Å². The predicted molar refractivity (Wildman–Crippen MR) is 72.1 cm³/mol. The van der Waals surface area contributed by atoms with E-state index in [1.807, 2.05) is 0 Å². The predicted octanol–water partition coefficient (Wildman–Crippen LogP) is 1.80. The van der Waals surface area contributed by atoms with E-state index in [0.717, 1.165) is 12.8 Å². The van der Waals surface area contributed by atoms with Gasteiger partial charge in [-0.1, -0.05) is 11.6 Å². The molecule has 0 atom stereocenters. The summed E-state index contributed by atoms with van der Waals surface area (Å²) in [7, 11) is 1.29. The molecule has 0 heterocycles. The number of ether oxygens (including phenoxy) is 1. The first-order valence-corrected chi connectivity index (χ1v) is 6.29. The number of hydrogen-bond donors (Lipinski definition) is 2. The number of hydrogen-bond acceptors (Lipinski definition) is 4. The van der Waals surface area contributed by atoms with Crippen LogP contribution in [0.2, 0.25) is 5.02 Å². The second-order valence-electron chi connectivity index (χ2n) is 4.62. The van der Waals surface area contributed by atoms with Crippen LogP contribution in [0.1, 0.15) is 23.2 Å². The second kappa shape index (κ2) is 5.19. The molecule has 1 aromatic rings. The van der Waals surface area contributed by atoms with Gasteiger partial charge in [0.25, 0.3) is 0 Å². The molecule has 1 amide bonds. The summed E-state index contributed by atoms with van der Waals surface area (Å²) in [4.78, 5) is 23.5. The highest BCUT2D eigenvalue weighted by Gasteiger charge is 2.48. The molecule has 0 bridgehead atoms. The molecule has 1 aliphatic rings. The van der Waals surface area contributed by atoms with Crippen molar-refractivity contribution in [2.24, 2.45) is 11.1 Å². The van der Waals surface area contributed by atoms with Gasteiger partial charge in [0.15, 0.2) is 0 Å². The summed E-state index contributed by atoms with van der Waals surface area (Å²) >= 11 is 6.00. The quantitative estimate of drug-likeness (QED) is 0.825. The lowest BCUT2D eigenvalue weighted by molar-refractivity contribution is -0.120. The van der Waals surface area contributed by atoms with Gasteiger partial charge in [0.1, 0.15) is 0 Å². The van der Waals surface area contributed by atoms with Crippen LogP contribution in [0, 0.1) is 5.41 Å². The molecular weight excluding hydrogens is 268 g/mol. The average Bonchev–Trinajstić information content (AvgIpc) is 3.21. The molecule has 0 aliphatic heterocycles. The van der Waals surface area contributed by atoms with E-state index in [2.05, 4.69) is 10.1 Å². The molecule has 0 aromatic heterocycles. The maximum absolute atomic E-state index is 12.1. The fourth-order valence-corrected chi connectivity index (χ4v) is 1.96. The Bertz CT molecular complexity index is 527. The normalized spacial score (nSPS) is 15.7. The number of rotatable bonds is 4. The van der Waals surface area contributed by atoms with E-state index in [0.29, 0.717) is 22.8 Å². The van der Waals surface area contributed by atoms with Crippen molar-refractivity contribution in [3.8, 4) is 0 Å². The van der Waals surface area contributed by atoms with E-state index in [1.54, 1.807) is 12.1 Å². The maximum Gasteiger partial charge on any atom is 0.337 e. The van der Waals surface area contributed by atoms with E-state index >= 15 is 0 Å². The fraction of sp³-hybridized carbons (Fsp3) is 0.385. The number of carbonyl (C=O) groups is 2. The van der Waals surface area contributed by atoms with E-state index in [1.165, 1.54) is 13.2 Å².